The molecule has 0 amide bonds. The molecule has 1 atom stereocenters. The number of carbonyl (C=O) groups is 1. The number of hydrogen-bond acceptors (Lipinski definition) is 6. The number of nitrogens with zero attached hydrogens (tertiary/aromatic N) is 1. The Hall–Kier alpha value is -3.11. The second-order valence-electron chi connectivity index (χ2n) is 9.69. The number of aliphatic hydroxyl groups excluding tert-OH is 1. The molecule has 0 spiro atoms. The smallest absolute Gasteiger partial charge is 0.305 e. The normalized spacial score (nSPS) is 11.9. The highest BCUT2D eigenvalue weighted by Gasteiger charge is 2.20. The van der Waals surface area contributed by atoms with E-state index in [4.69, 9.17) is 9.47 Å². The minimum atomic E-state index is -0.725. The summed E-state index contributed by atoms with van der Waals surface area (Å²) >= 11 is 0. The van der Waals surface area contributed by atoms with E-state index in [9.17, 15) is 15.2 Å². The third-order valence-corrected chi connectivity index (χ3v) is 6.02. The molecule has 6 nitrogen and oxygen atoms in total. The Morgan fingerprint density at radius 1 is 1.08 bits per heavy atom. The SMILES string of the molecule is CCOC(=O)CCCc1ccc(OCC(O)CNC(C)(C)Cc2ccc3ccccc3c2)c(C#N)c1.Cl. The molecule has 3 aromatic carbocycles. The fourth-order valence-corrected chi connectivity index (χ4v) is 4.18. The largest absolute Gasteiger partial charge is 0.489 e. The van der Waals surface area contributed by atoms with Crippen LogP contribution in [0.4, 0.5) is 0 Å². The van der Waals surface area contributed by atoms with Crippen molar-refractivity contribution in [2.75, 3.05) is 19.8 Å². The number of benzene rings is 3. The first-order valence-corrected chi connectivity index (χ1v) is 12.5. The number of nitrogens with one attached hydrogen (secondary N) is 1. The summed E-state index contributed by atoms with van der Waals surface area (Å²) in [6.45, 7) is 6.85. The van der Waals surface area contributed by atoms with E-state index in [1.54, 1.807) is 19.1 Å². The van der Waals surface area contributed by atoms with Gasteiger partial charge in [0.1, 0.15) is 24.5 Å². The second kappa shape index (κ2) is 14.6. The predicted octanol–water partition coefficient (Wildman–Crippen LogP) is 5.37. The van der Waals surface area contributed by atoms with Gasteiger partial charge in [0.05, 0.1) is 12.2 Å². The van der Waals surface area contributed by atoms with E-state index in [0.717, 1.165) is 12.0 Å². The van der Waals surface area contributed by atoms with Crippen LogP contribution in [0.25, 0.3) is 10.8 Å². The molecule has 0 fully saturated rings. The van der Waals surface area contributed by atoms with Crippen molar-refractivity contribution in [3.8, 4) is 11.8 Å². The molecule has 0 aliphatic heterocycles. The summed E-state index contributed by atoms with van der Waals surface area (Å²) in [6.07, 6.45) is 1.78. The van der Waals surface area contributed by atoms with Gasteiger partial charge in [-0.15, -0.1) is 12.4 Å². The molecule has 0 radical (unpaired) electrons. The zero-order chi connectivity index (χ0) is 26.0. The highest BCUT2D eigenvalue weighted by atomic mass is 35.5. The molecule has 0 bridgehead atoms. The van der Waals surface area contributed by atoms with Crippen LogP contribution in [0, 0.1) is 11.3 Å². The van der Waals surface area contributed by atoms with E-state index in [-0.39, 0.29) is 30.5 Å². The number of fused-ring (bicyclic) bond motifs is 1. The van der Waals surface area contributed by atoms with E-state index in [0.29, 0.717) is 43.7 Å². The maximum absolute atomic E-state index is 11.5. The van der Waals surface area contributed by atoms with Gasteiger partial charge in [-0.3, -0.25) is 4.79 Å². The number of rotatable bonds is 13. The fourth-order valence-electron chi connectivity index (χ4n) is 4.18. The lowest BCUT2D eigenvalue weighted by atomic mass is 9.93. The first-order chi connectivity index (χ1) is 17.3. The van der Waals surface area contributed by atoms with Crippen LogP contribution in [0.2, 0.25) is 0 Å². The highest BCUT2D eigenvalue weighted by molar-refractivity contribution is 5.85. The van der Waals surface area contributed by atoms with Crippen LogP contribution in [0.5, 0.6) is 5.75 Å². The maximum Gasteiger partial charge on any atom is 0.305 e. The molecule has 0 aliphatic rings. The molecule has 2 N–H and O–H groups in total. The van der Waals surface area contributed by atoms with Crippen molar-refractivity contribution in [1.82, 2.24) is 5.32 Å². The summed E-state index contributed by atoms with van der Waals surface area (Å²) in [5.41, 5.74) is 2.39. The van der Waals surface area contributed by atoms with Gasteiger partial charge in [-0.25, -0.2) is 0 Å². The molecule has 3 aromatic rings. The summed E-state index contributed by atoms with van der Waals surface area (Å²) < 4.78 is 10.7. The van der Waals surface area contributed by atoms with Crippen LogP contribution in [0.15, 0.2) is 60.7 Å². The average molecular weight is 525 g/mol. The molecule has 0 saturated heterocycles. The summed E-state index contributed by atoms with van der Waals surface area (Å²) in [6, 6.07) is 22.4. The van der Waals surface area contributed by atoms with Gasteiger partial charge in [0.15, 0.2) is 0 Å². The molecule has 7 heteroatoms. The van der Waals surface area contributed by atoms with E-state index < -0.39 is 6.10 Å². The second-order valence-corrected chi connectivity index (χ2v) is 9.69. The quantitative estimate of drug-likeness (QED) is 0.292. The van der Waals surface area contributed by atoms with E-state index in [1.165, 1.54) is 16.3 Å². The van der Waals surface area contributed by atoms with Crippen molar-refractivity contribution < 1.29 is 19.4 Å². The van der Waals surface area contributed by atoms with Crippen molar-refractivity contribution in [3.63, 3.8) is 0 Å². The van der Waals surface area contributed by atoms with E-state index in [2.05, 4.69) is 55.6 Å². The molecule has 0 aliphatic carbocycles. The Labute approximate surface area is 226 Å². The number of esters is 1. The third-order valence-electron chi connectivity index (χ3n) is 6.02. The van der Waals surface area contributed by atoms with Crippen LogP contribution in [0.3, 0.4) is 0 Å². The molecule has 0 heterocycles. The number of carbonyl (C=O) groups excluding carboxylic acids is 1. The van der Waals surface area contributed by atoms with E-state index >= 15 is 0 Å². The first kappa shape index (κ1) is 30.1. The van der Waals surface area contributed by atoms with Crippen molar-refractivity contribution >= 4 is 29.1 Å². The topological polar surface area (TPSA) is 91.6 Å². The fraction of sp³-hybridized carbons (Fsp3) is 0.400. The van der Waals surface area contributed by atoms with Gasteiger partial charge < -0.3 is 19.9 Å². The summed E-state index contributed by atoms with van der Waals surface area (Å²) in [5.74, 6) is 0.238. The molecule has 0 aromatic heterocycles. The molecule has 198 valence electrons. The average Bonchev–Trinajstić information content (AvgIpc) is 2.86. The van der Waals surface area contributed by atoms with Gasteiger partial charge in [-0.1, -0.05) is 48.5 Å². The summed E-state index contributed by atoms with van der Waals surface area (Å²) in [4.78, 5) is 11.5. The lowest BCUT2D eigenvalue weighted by Crippen LogP contribution is -2.46. The van der Waals surface area contributed by atoms with Crippen molar-refractivity contribution in [3.05, 3.63) is 77.4 Å². The highest BCUT2D eigenvalue weighted by Crippen LogP contribution is 2.22. The number of ether oxygens (including phenoxy) is 2. The van der Waals surface area contributed by atoms with E-state index in [1.807, 2.05) is 18.2 Å². The summed E-state index contributed by atoms with van der Waals surface area (Å²) in [7, 11) is 0. The first-order valence-electron chi connectivity index (χ1n) is 12.5. The number of hydrogen-bond donors (Lipinski definition) is 2. The molecule has 37 heavy (non-hydrogen) atoms. The van der Waals surface area contributed by atoms with Gasteiger partial charge in [-0.05, 0) is 74.1 Å². The zero-order valence-corrected chi connectivity index (χ0v) is 22.6. The number of aliphatic hydroxyl groups is 1. The van der Waals surface area contributed by atoms with Crippen molar-refractivity contribution in [2.24, 2.45) is 0 Å². The molecule has 3 rings (SSSR count). The van der Waals surface area contributed by atoms with Crippen LogP contribution in [-0.2, 0) is 22.4 Å². The number of nitriles is 1. The third kappa shape index (κ3) is 9.70. The Morgan fingerprint density at radius 3 is 2.54 bits per heavy atom. The minimum Gasteiger partial charge on any atom is -0.489 e. The van der Waals surface area contributed by atoms with Gasteiger partial charge in [0, 0.05) is 18.5 Å². The van der Waals surface area contributed by atoms with Crippen LogP contribution >= 0.6 is 12.4 Å². The lowest BCUT2D eigenvalue weighted by molar-refractivity contribution is -0.143. The Morgan fingerprint density at radius 2 is 1.81 bits per heavy atom. The van der Waals surface area contributed by atoms with Crippen molar-refractivity contribution in [2.45, 2.75) is 58.1 Å². The summed E-state index contributed by atoms with van der Waals surface area (Å²) in [5, 5.41) is 25.9. The number of aryl methyl sites for hydroxylation is 1. The predicted molar refractivity (Wildman–Crippen MR) is 149 cm³/mol. The number of β-amino-alcohol motifs (C(OH)–C–C–N with tert-alkyl or cyclic N) is 1. The van der Waals surface area contributed by atoms with Gasteiger partial charge in [0.25, 0.3) is 0 Å². The zero-order valence-electron chi connectivity index (χ0n) is 21.8. The molecular formula is C30H37ClN2O4. The Kier molecular flexibility index (Phi) is 11.9. The standard InChI is InChI=1S/C30H36N2O4.ClH/c1-4-35-29(34)11-7-8-22-13-15-28(26(16-22)19-31)36-21-27(33)20-32-30(2,3)18-23-12-14-24-9-5-6-10-25(24)17-23;/h5-6,9-10,12-17,27,32-33H,4,7-8,11,18,20-21H2,1-3H3;1H. The van der Waals surface area contributed by atoms with Crippen LogP contribution in [0.1, 0.15) is 50.3 Å². The van der Waals surface area contributed by atoms with Crippen LogP contribution < -0.4 is 10.1 Å². The lowest BCUT2D eigenvalue weighted by Gasteiger charge is -2.28. The van der Waals surface area contributed by atoms with Crippen LogP contribution in [-0.4, -0.2) is 42.5 Å². The monoisotopic (exact) mass is 524 g/mol. The number of halogens is 1. The van der Waals surface area contributed by atoms with Gasteiger partial charge in [0.2, 0.25) is 0 Å². The Bertz CT molecular complexity index is 1210. The molecule has 0 saturated carbocycles. The molecule has 1 unspecified atom stereocenters. The maximum atomic E-state index is 11.5. The molecular weight excluding hydrogens is 488 g/mol. The Balaban J connectivity index is 0.00000481. The van der Waals surface area contributed by atoms with Crippen molar-refractivity contribution in [1.29, 1.82) is 5.26 Å². The van der Waals surface area contributed by atoms with Gasteiger partial charge in [-0.2, -0.15) is 5.26 Å². The van der Waals surface area contributed by atoms with Gasteiger partial charge >= 0.3 is 5.97 Å². The minimum absolute atomic E-state index is 0.